The molecule has 2 aliphatic heterocycles. The molecule has 250 valence electrons. The van der Waals surface area contributed by atoms with Gasteiger partial charge in [-0.3, -0.25) is 19.7 Å². The van der Waals surface area contributed by atoms with Gasteiger partial charge in [-0.2, -0.15) is 0 Å². The molecule has 3 aromatic rings. The number of amides is 2. The first kappa shape index (κ1) is 34.7. The van der Waals surface area contributed by atoms with E-state index < -0.39 is 11.1 Å². The number of benzene rings is 2. The minimum absolute atomic E-state index is 0.152. The van der Waals surface area contributed by atoms with Crippen molar-refractivity contribution in [2.24, 2.45) is 10.9 Å². The molecule has 10 heteroatoms. The number of carbonyl (C=O) groups is 2. The second kappa shape index (κ2) is 13.5. The lowest BCUT2D eigenvalue weighted by molar-refractivity contribution is -0.142. The first-order chi connectivity index (χ1) is 22.2. The summed E-state index contributed by atoms with van der Waals surface area (Å²) < 4.78 is 11.2. The summed E-state index contributed by atoms with van der Waals surface area (Å²) >= 11 is 12.8. The maximum Gasteiger partial charge on any atom is 0.326 e. The number of aromatic nitrogens is 1. The van der Waals surface area contributed by atoms with E-state index in [4.69, 9.17) is 42.7 Å². The Morgan fingerprint density at radius 1 is 0.957 bits per heavy atom. The molecule has 5 rings (SSSR count). The van der Waals surface area contributed by atoms with Crippen molar-refractivity contribution < 1.29 is 19.1 Å². The molecule has 1 fully saturated rings. The maximum absolute atomic E-state index is 15.1. The molecular weight excluding hydrogens is 635 g/mol. The highest BCUT2D eigenvalue weighted by molar-refractivity contribution is 6.30. The van der Waals surface area contributed by atoms with Crippen molar-refractivity contribution in [1.82, 2.24) is 14.8 Å². The number of urea groups is 1. The van der Waals surface area contributed by atoms with E-state index in [1.54, 1.807) is 6.20 Å². The molecule has 3 heterocycles. The quantitative estimate of drug-likeness (QED) is 0.234. The number of carbonyl (C=O) groups excluding carboxylic acids is 2. The Hall–Kier alpha value is -3.62. The molecule has 0 saturated carbocycles. The van der Waals surface area contributed by atoms with Gasteiger partial charge in [0.25, 0.3) is 0 Å². The Balaban J connectivity index is 1.71. The molecule has 1 aromatic heterocycles. The van der Waals surface area contributed by atoms with Gasteiger partial charge in [-0.25, -0.2) is 4.79 Å². The summed E-state index contributed by atoms with van der Waals surface area (Å²) in [7, 11) is 1.41. The highest BCUT2D eigenvalue weighted by Gasteiger charge is 2.60. The summed E-state index contributed by atoms with van der Waals surface area (Å²) in [5, 5.41) is 1.20. The third-order valence-corrected chi connectivity index (χ3v) is 10.2. The minimum Gasteiger partial charge on any atom is -0.493 e. The topological polar surface area (TPSA) is 84.3 Å². The molecule has 8 nitrogen and oxygen atoms in total. The lowest BCUT2D eigenvalue weighted by Gasteiger charge is -2.47. The zero-order valence-corrected chi connectivity index (χ0v) is 29.8. The number of rotatable bonds is 7. The van der Waals surface area contributed by atoms with Crippen LogP contribution in [-0.2, 0) is 26.0 Å². The van der Waals surface area contributed by atoms with Crippen molar-refractivity contribution in [2.45, 2.75) is 77.3 Å². The van der Waals surface area contributed by atoms with Gasteiger partial charge in [0.1, 0.15) is 22.7 Å². The lowest BCUT2D eigenvalue weighted by atomic mass is 9.71. The molecule has 47 heavy (non-hydrogen) atoms. The van der Waals surface area contributed by atoms with Gasteiger partial charge in [-0.1, -0.05) is 68.2 Å². The number of ether oxygens (including phenoxy) is 2. The van der Waals surface area contributed by atoms with Crippen molar-refractivity contribution in [3.05, 3.63) is 93.2 Å². The summed E-state index contributed by atoms with van der Waals surface area (Å²) in [6, 6.07) is 17.0. The lowest BCUT2D eigenvalue weighted by Crippen LogP contribution is -2.59. The predicted molar refractivity (Wildman–Crippen MR) is 186 cm³/mol. The summed E-state index contributed by atoms with van der Waals surface area (Å²) in [6.07, 6.45) is 3.51. The Bertz CT molecular complexity index is 1650. The SMILES string of the molecule is CCOc1cc(C(C)(C)C)ncc1C1=N[C@@](C)(c2ccc(Cl)cc2)[C@@](C)(c2ccc(Cl)cc2)N1C(=O)N1CCC(CC(=O)OC)CC1. The molecule has 2 amide bonds. The van der Waals surface area contributed by atoms with E-state index in [0.29, 0.717) is 66.2 Å². The van der Waals surface area contributed by atoms with E-state index in [0.717, 1.165) is 16.8 Å². The van der Waals surface area contributed by atoms with E-state index in [-0.39, 0.29) is 23.3 Å². The fraction of sp³-hybridized carbons (Fsp3) is 0.459. The van der Waals surface area contributed by atoms with Crippen molar-refractivity contribution in [2.75, 3.05) is 26.8 Å². The van der Waals surface area contributed by atoms with Crippen molar-refractivity contribution in [3.8, 4) is 5.75 Å². The van der Waals surface area contributed by atoms with E-state index in [1.807, 2.05) is 71.3 Å². The molecule has 2 aromatic carbocycles. The molecule has 2 aliphatic rings. The van der Waals surface area contributed by atoms with Gasteiger partial charge in [0, 0.05) is 52.9 Å². The molecule has 0 spiro atoms. The normalized spacial score (nSPS) is 21.9. The number of pyridine rings is 1. The molecule has 0 radical (unpaired) electrons. The molecule has 2 atom stereocenters. The maximum atomic E-state index is 15.1. The van der Waals surface area contributed by atoms with Gasteiger partial charge in [-0.05, 0) is 74.9 Å². The van der Waals surface area contributed by atoms with Gasteiger partial charge in [-0.15, -0.1) is 0 Å². The average molecular weight is 680 g/mol. The number of hydrogen-bond acceptors (Lipinski definition) is 6. The van der Waals surface area contributed by atoms with Gasteiger partial charge >= 0.3 is 12.0 Å². The highest BCUT2D eigenvalue weighted by Crippen LogP contribution is 2.54. The summed E-state index contributed by atoms with van der Waals surface area (Å²) in [6.45, 7) is 13.8. The van der Waals surface area contributed by atoms with Crippen LogP contribution in [0, 0.1) is 5.92 Å². The molecular formula is C37H44Cl2N4O4. The zero-order chi connectivity index (χ0) is 34.1. The predicted octanol–water partition coefficient (Wildman–Crippen LogP) is 8.37. The van der Waals surface area contributed by atoms with Crippen LogP contribution in [0.25, 0.3) is 0 Å². The van der Waals surface area contributed by atoms with E-state index in [9.17, 15) is 4.79 Å². The number of nitrogens with zero attached hydrogens (tertiary/aromatic N) is 4. The highest BCUT2D eigenvalue weighted by atomic mass is 35.5. The molecule has 0 bridgehead atoms. The van der Waals surface area contributed by atoms with Crippen LogP contribution in [0.5, 0.6) is 5.75 Å². The third-order valence-electron chi connectivity index (χ3n) is 9.68. The molecule has 0 N–H and O–H groups in total. The minimum atomic E-state index is -1.02. The number of amidine groups is 1. The largest absolute Gasteiger partial charge is 0.493 e. The third kappa shape index (κ3) is 6.59. The van der Waals surface area contributed by atoms with Gasteiger partial charge in [0.2, 0.25) is 0 Å². The standard InChI is InChI=1S/C37H44Cl2N4O4/c1-8-47-30-22-31(35(2,3)4)40-23-29(30)33-41-36(5,25-9-13-27(38)14-10-25)37(6,26-11-15-28(39)16-12-26)43(33)34(45)42-19-17-24(18-20-42)21-32(44)46-7/h9-16,22-24H,8,17-21H2,1-7H3/t36-,37+/m0/s1. The second-order valence-corrected chi connectivity index (χ2v) is 14.5. The van der Waals surface area contributed by atoms with Crippen LogP contribution in [0.3, 0.4) is 0 Å². The molecule has 0 aliphatic carbocycles. The first-order valence-electron chi connectivity index (χ1n) is 16.1. The monoisotopic (exact) mass is 678 g/mol. The van der Waals surface area contributed by atoms with Gasteiger partial charge < -0.3 is 14.4 Å². The fourth-order valence-electron chi connectivity index (χ4n) is 6.65. The number of hydrogen-bond donors (Lipinski definition) is 0. The second-order valence-electron chi connectivity index (χ2n) is 13.7. The zero-order valence-electron chi connectivity index (χ0n) is 28.3. The van der Waals surface area contributed by atoms with Crippen LogP contribution < -0.4 is 4.74 Å². The van der Waals surface area contributed by atoms with Crippen LogP contribution in [-0.4, -0.2) is 59.4 Å². The first-order valence-corrected chi connectivity index (χ1v) is 16.9. The number of piperidine rings is 1. The van der Waals surface area contributed by atoms with E-state index >= 15 is 4.79 Å². The van der Waals surface area contributed by atoms with Crippen molar-refractivity contribution in [1.29, 1.82) is 0 Å². The summed E-state index contributed by atoms with van der Waals surface area (Å²) in [5.74, 6) is 1.00. The van der Waals surface area contributed by atoms with Crippen LogP contribution in [0.2, 0.25) is 10.0 Å². The smallest absolute Gasteiger partial charge is 0.326 e. The van der Waals surface area contributed by atoms with Crippen LogP contribution in [0.1, 0.15) is 83.2 Å². The Morgan fingerprint density at radius 3 is 2.06 bits per heavy atom. The molecule has 1 saturated heterocycles. The van der Waals surface area contributed by atoms with Gasteiger partial charge in [0.15, 0.2) is 0 Å². The van der Waals surface area contributed by atoms with E-state index in [2.05, 4.69) is 34.6 Å². The van der Waals surface area contributed by atoms with Crippen molar-refractivity contribution in [3.63, 3.8) is 0 Å². The van der Waals surface area contributed by atoms with Gasteiger partial charge in [0.05, 0.1) is 19.3 Å². The summed E-state index contributed by atoms with van der Waals surface area (Å²) in [4.78, 5) is 41.1. The van der Waals surface area contributed by atoms with Crippen LogP contribution in [0.4, 0.5) is 4.79 Å². The van der Waals surface area contributed by atoms with Crippen LogP contribution >= 0.6 is 23.2 Å². The number of esters is 1. The number of methoxy groups -OCH3 is 1. The number of aliphatic imine (C=N–C) groups is 1. The number of halogens is 2. The Morgan fingerprint density at radius 2 is 1.53 bits per heavy atom. The molecule has 0 unspecified atom stereocenters. The summed E-state index contributed by atoms with van der Waals surface area (Å²) in [5.41, 5.74) is 1.05. The number of likely N-dealkylation sites (tertiary alicyclic amines) is 1. The Labute approximate surface area is 288 Å². The van der Waals surface area contributed by atoms with Crippen LogP contribution in [0.15, 0.2) is 65.8 Å². The fourth-order valence-corrected chi connectivity index (χ4v) is 6.90. The van der Waals surface area contributed by atoms with Crippen molar-refractivity contribution >= 4 is 41.0 Å². The average Bonchev–Trinajstić information content (AvgIpc) is 3.29. The van der Waals surface area contributed by atoms with E-state index in [1.165, 1.54) is 7.11 Å². The Kier molecular flexibility index (Phi) is 9.95.